The van der Waals surface area contributed by atoms with Crippen LogP contribution in [0.15, 0.2) is 72.8 Å². The topological polar surface area (TPSA) is 122 Å². The van der Waals surface area contributed by atoms with Gasteiger partial charge in [-0.1, -0.05) is 60.7 Å². The predicted octanol–water partition coefficient (Wildman–Crippen LogP) is 5.18. The van der Waals surface area contributed by atoms with Crippen molar-refractivity contribution in [2.75, 3.05) is 11.9 Å². The van der Waals surface area contributed by atoms with Crippen molar-refractivity contribution in [1.29, 1.82) is 0 Å². The molecule has 0 saturated carbocycles. The van der Waals surface area contributed by atoms with Crippen LogP contribution in [0.3, 0.4) is 0 Å². The van der Waals surface area contributed by atoms with Crippen molar-refractivity contribution in [3.8, 4) is 0 Å². The monoisotopic (exact) mass is 622 g/mol. The third kappa shape index (κ3) is 8.78. The molecule has 4 N–H and O–H groups in total. The first kappa shape index (κ1) is 33.4. The number of rotatable bonds is 12. The fraction of sp³-hybridized carbons (Fsp3) is 0.353. The molecule has 0 bridgehead atoms. The predicted molar refractivity (Wildman–Crippen MR) is 164 cm³/mol. The Hall–Kier alpha value is -4.51. The van der Waals surface area contributed by atoms with Crippen molar-refractivity contribution in [3.63, 3.8) is 0 Å². The second kappa shape index (κ2) is 15.0. The summed E-state index contributed by atoms with van der Waals surface area (Å²) in [5, 5.41) is 5.27. The van der Waals surface area contributed by atoms with Crippen LogP contribution in [0, 0.1) is 6.92 Å². The highest BCUT2D eigenvalue weighted by molar-refractivity contribution is 6.00. The van der Waals surface area contributed by atoms with E-state index in [4.69, 9.17) is 5.73 Å². The molecule has 0 aromatic heterocycles. The highest BCUT2D eigenvalue weighted by Gasteiger charge is 2.37. The fourth-order valence-corrected chi connectivity index (χ4v) is 5.42. The molecule has 238 valence electrons. The van der Waals surface area contributed by atoms with Crippen LogP contribution in [0.2, 0.25) is 0 Å². The van der Waals surface area contributed by atoms with E-state index in [2.05, 4.69) is 10.6 Å². The summed E-state index contributed by atoms with van der Waals surface area (Å²) >= 11 is 0. The fourth-order valence-electron chi connectivity index (χ4n) is 5.42. The number of alkyl halides is 3. The lowest BCUT2D eigenvalue weighted by Crippen LogP contribution is -2.56. The molecule has 11 heteroatoms. The second-order valence-corrected chi connectivity index (χ2v) is 11.2. The van der Waals surface area contributed by atoms with Gasteiger partial charge in [-0.15, -0.1) is 0 Å². The maximum atomic E-state index is 13.8. The van der Waals surface area contributed by atoms with E-state index >= 15 is 0 Å². The maximum Gasteiger partial charge on any atom is 0.416 e. The van der Waals surface area contributed by atoms with Gasteiger partial charge < -0.3 is 21.3 Å². The minimum Gasteiger partial charge on any atom is -0.342 e. The Morgan fingerprint density at radius 3 is 2.31 bits per heavy atom. The van der Waals surface area contributed by atoms with Gasteiger partial charge in [-0.25, -0.2) is 0 Å². The molecule has 4 rings (SSSR count). The van der Waals surface area contributed by atoms with Crippen LogP contribution in [0.5, 0.6) is 0 Å². The standard InChI is InChI=1S/C34H37F3N4O4/c1-22-14-15-26(20-27(22)34(35,36)37)39-32(44)28(13-7-8-18-38)40-33(45)29-19-24-11-5-6-12-25(24)21-41(29)31(43)17-16-30(42)23-9-3-2-4-10-23/h2-6,9-12,14-15,20,28-29H,7-8,13,16-19,21,38H2,1H3,(H,39,44)(H,40,45)/t28-,29-/m0/s1. The number of nitrogens with two attached hydrogens (primary N) is 1. The molecule has 3 aromatic carbocycles. The number of anilines is 1. The average Bonchev–Trinajstić information content (AvgIpc) is 3.03. The number of Topliss-reactive ketones (excluding diaryl/α,β-unsaturated/α-hetero) is 1. The van der Waals surface area contributed by atoms with Crippen LogP contribution >= 0.6 is 0 Å². The molecule has 45 heavy (non-hydrogen) atoms. The van der Waals surface area contributed by atoms with E-state index < -0.39 is 35.6 Å². The van der Waals surface area contributed by atoms with Crippen molar-refractivity contribution < 1.29 is 32.3 Å². The van der Waals surface area contributed by atoms with Gasteiger partial charge in [0.15, 0.2) is 5.78 Å². The smallest absolute Gasteiger partial charge is 0.342 e. The molecule has 3 aromatic rings. The minimum absolute atomic E-state index is 0.0149. The maximum absolute atomic E-state index is 13.8. The normalized spacial score (nSPS) is 15.1. The van der Waals surface area contributed by atoms with Crippen molar-refractivity contribution in [1.82, 2.24) is 10.2 Å². The quantitative estimate of drug-likeness (QED) is 0.190. The largest absolute Gasteiger partial charge is 0.416 e. The Balaban J connectivity index is 1.52. The molecule has 0 fully saturated rings. The summed E-state index contributed by atoms with van der Waals surface area (Å²) in [6, 6.07) is 17.5. The average molecular weight is 623 g/mol. The number of unbranched alkanes of at least 4 members (excludes halogenated alkanes) is 1. The first-order valence-electron chi connectivity index (χ1n) is 14.9. The Morgan fingerprint density at radius 1 is 0.933 bits per heavy atom. The molecule has 1 heterocycles. The van der Waals surface area contributed by atoms with E-state index in [0.717, 1.165) is 17.2 Å². The third-order valence-corrected chi connectivity index (χ3v) is 7.92. The number of nitrogens with one attached hydrogen (secondary N) is 2. The van der Waals surface area contributed by atoms with Gasteiger partial charge in [0.2, 0.25) is 17.7 Å². The summed E-state index contributed by atoms with van der Waals surface area (Å²) in [4.78, 5) is 54.7. The Labute approximate surface area is 260 Å². The number of nitrogens with zero attached hydrogens (tertiary/aromatic N) is 1. The van der Waals surface area contributed by atoms with Gasteiger partial charge in [-0.05, 0) is 61.6 Å². The van der Waals surface area contributed by atoms with E-state index in [1.165, 1.54) is 24.0 Å². The summed E-state index contributed by atoms with van der Waals surface area (Å²) in [5.74, 6) is -1.82. The molecule has 1 aliphatic heterocycles. The number of benzene rings is 3. The number of fused-ring (bicyclic) bond motifs is 1. The van der Waals surface area contributed by atoms with Gasteiger partial charge in [0, 0.05) is 37.1 Å². The first-order valence-corrected chi connectivity index (χ1v) is 14.9. The highest BCUT2D eigenvalue weighted by atomic mass is 19.4. The van der Waals surface area contributed by atoms with Crippen LogP contribution in [-0.2, 0) is 33.5 Å². The van der Waals surface area contributed by atoms with Gasteiger partial charge in [-0.2, -0.15) is 13.2 Å². The third-order valence-electron chi connectivity index (χ3n) is 7.92. The molecule has 3 amide bonds. The summed E-state index contributed by atoms with van der Waals surface area (Å²) in [6.45, 7) is 1.84. The molecule has 0 radical (unpaired) electrons. The first-order chi connectivity index (χ1) is 21.5. The number of amides is 3. The number of hydrogen-bond acceptors (Lipinski definition) is 5. The number of carbonyl (C=O) groups excluding carboxylic acids is 4. The van der Waals surface area contributed by atoms with E-state index in [-0.39, 0.29) is 55.2 Å². The number of aryl methyl sites for hydroxylation is 1. The van der Waals surface area contributed by atoms with Crippen LogP contribution in [0.4, 0.5) is 18.9 Å². The lowest BCUT2D eigenvalue weighted by atomic mass is 9.92. The molecule has 8 nitrogen and oxygen atoms in total. The molecular formula is C34H37F3N4O4. The van der Waals surface area contributed by atoms with Crippen molar-refractivity contribution >= 4 is 29.2 Å². The summed E-state index contributed by atoms with van der Waals surface area (Å²) in [7, 11) is 0. The second-order valence-electron chi connectivity index (χ2n) is 11.2. The number of ketones is 1. The Bertz CT molecular complexity index is 1530. The minimum atomic E-state index is -4.60. The van der Waals surface area contributed by atoms with Gasteiger partial charge in [0.1, 0.15) is 12.1 Å². The SMILES string of the molecule is Cc1ccc(NC(=O)[C@H](CCCCN)NC(=O)[C@@H]2Cc3ccccc3CN2C(=O)CCC(=O)c2ccccc2)cc1C(F)(F)F. The Kier molecular flexibility index (Phi) is 11.1. The Morgan fingerprint density at radius 2 is 1.62 bits per heavy atom. The summed E-state index contributed by atoms with van der Waals surface area (Å²) in [5.41, 5.74) is 6.96. The van der Waals surface area contributed by atoms with Crippen molar-refractivity contribution in [3.05, 3.63) is 101 Å². The summed E-state index contributed by atoms with van der Waals surface area (Å²) in [6.07, 6.45) is -3.29. The van der Waals surface area contributed by atoms with E-state index in [1.807, 2.05) is 24.3 Å². The lowest BCUT2D eigenvalue weighted by Gasteiger charge is -2.37. The van der Waals surface area contributed by atoms with Gasteiger partial charge in [-0.3, -0.25) is 19.2 Å². The molecule has 2 atom stereocenters. The highest BCUT2D eigenvalue weighted by Crippen LogP contribution is 2.33. The molecule has 0 saturated heterocycles. The zero-order valence-corrected chi connectivity index (χ0v) is 25.0. The number of halogens is 3. The molecule has 1 aliphatic rings. The van der Waals surface area contributed by atoms with Crippen LogP contribution in [-0.4, -0.2) is 47.0 Å². The molecule has 0 unspecified atom stereocenters. The number of hydrogen-bond donors (Lipinski definition) is 3. The zero-order valence-electron chi connectivity index (χ0n) is 25.0. The van der Waals surface area contributed by atoms with Crippen LogP contribution in [0.1, 0.15) is 64.7 Å². The molecular weight excluding hydrogens is 585 g/mol. The van der Waals surface area contributed by atoms with Gasteiger partial charge >= 0.3 is 6.18 Å². The van der Waals surface area contributed by atoms with Crippen LogP contribution in [0.25, 0.3) is 0 Å². The van der Waals surface area contributed by atoms with E-state index in [1.54, 1.807) is 30.3 Å². The van der Waals surface area contributed by atoms with Gasteiger partial charge in [0.25, 0.3) is 0 Å². The van der Waals surface area contributed by atoms with E-state index in [9.17, 15) is 32.3 Å². The molecule has 0 spiro atoms. The molecule has 0 aliphatic carbocycles. The summed E-state index contributed by atoms with van der Waals surface area (Å²) < 4.78 is 40.4. The van der Waals surface area contributed by atoms with Crippen molar-refractivity contribution in [2.45, 2.75) is 70.3 Å². The zero-order chi connectivity index (χ0) is 32.6. The number of carbonyl (C=O) groups is 4. The van der Waals surface area contributed by atoms with E-state index in [0.29, 0.717) is 24.9 Å². The van der Waals surface area contributed by atoms with Gasteiger partial charge in [0.05, 0.1) is 5.56 Å². The lowest BCUT2D eigenvalue weighted by molar-refractivity contribution is -0.142. The van der Waals surface area contributed by atoms with Crippen molar-refractivity contribution in [2.24, 2.45) is 5.73 Å². The van der Waals surface area contributed by atoms with Crippen LogP contribution < -0.4 is 16.4 Å².